The monoisotopic (exact) mass is 164 g/mol. The first-order chi connectivity index (χ1) is 5.66. The Hall–Kier alpha value is -2.16. The molecule has 2 N–H and O–H groups in total. The highest BCUT2D eigenvalue weighted by molar-refractivity contribution is 5.63. The Morgan fingerprint density at radius 2 is 2.33 bits per heavy atom. The van der Waals surface area contributed by atoms with Crippen molar-refractivity contribution in [3.05, 3.63) is 28.1 Å². The van der Waals surface area contributed by atoms with E-state index in [1.54, 1.807) is 6.07 Å². The van der Waals surface area contributed by atoms with Crippen molar-refractivity contribution < 1.29 is 4.92 Å². The van der Waals surface area contributed by atoms with Crippen molar-refractivity contribution in [2.45, 2.75) is 0 Å². The second kappa shape index (κ2) is 2.84. The van der Waals surface area contributed by atoms with Gasteiger partial charge in [0.2, 0.25) is 0 Å². The van der Waals surface area contributed by atoms with Gasteiger partial charge in [0.25, 0.3) is 0 Å². The third-order valence-electron chi connectivity index (χ3n) is 1.25. The Labute approximate surface area is 67.4 Å². The van der Waals surface area contributed by atoms with Gasteiger partial charge < -0.3 is 5.73 Å². The van der Waals surface area contributed by atoms with E-state index in [-0.39, 0.29) is 16.9 Å². The lowest BCUT2D eigenvalue weighted by Crippen LogP contribution is -1.99. The molecule has 0 aromatic carbocycles. The van der Waals surface area contributed by atoms with Crippen LogP contribution in [0.5, 0.6) is 0 Å². The maximum Gasteiger partial charge on any atom is 0.312 e. The lowest BCUT2D eigenvalue weighted by Gasteiger charge is -1.95. The lowest BCUT2D eigenvalue weighted by atomic mass is 10.2. The van der Waals surface area contributed by atoms with Crippen molar-refractivity contribution >= 4 is 11.4 Å². The number of nitrogen functional groups attached to an aromatic ring is 1. The molecule has 0 bridgehead atoms. The molecule has 0 atom stereocenters. The van der Waals surface area contributed by atoms with Gasteiger partial charge in [0, 0.05) is 0 Å². The molecule has 6 heteroatoms. The summed E-state index contributed by atoms with van der Waals surface area (Å²) in [4.78, 5) is 13.2. The predicted octanol–water partition coefficient (Wildman–Crippen LogP) is 0.444. The minimum Gasteiger partial charge on any atom is -0.392 e. The van der Waals surface area contributed by atoms with Gasteiger partial charge in [-0.25, -0.2) is 0 Å². The van der Waals surface area contributed by atoms with Gasteiger partial charge in [-0.05, 0) is 0 Å². The summed E-state index contributed by atoms with van der Waals surface area (Å²) >= 11 is 0. The van der Waals surface area contributed by atoms with Crippen molar-refractivity contribution in [2.75, 3.05) is 5.73 Å². The minimum atomic E-state index is -0.699. The van der Waals surface area contributed by atoms with Crippen LogP contribution in [0.15, 0.2) is 12.4 Å². The molecule has 0 aliphatic rings. The number of nitrogens with zero attached hydrogens (tertiary/aromatic N) is 3. The molecule has 6 nitrogen and oxygen atoms in total. The minimum absolute atomic E-state index is 0.0981. The first-order valence-corrected chi connectivity index (χ1v) is 2.94. The number of nitrogens with two attached hydrogens (primary N) is 1. The second-order valence-corrected chi connectivity index (χ2v) is 1.99. The van der Waals surface area contributed by atoms with E-state index in [4.69, 9.17) is 11.0 Å². The molecule has 0 aliphatic carbocycles. The maximum absolute atomic E-state index is 10.3. The zero-order valence-electron chi connectivity index (χ0n) is 5.89. The highest BCUT2D eigenvalue weighted by atomic mass is 16.6. The van der Waals surface area contributed by atoms with Gasteiger partial charge in [-0.2, -0.15) is 5.26 Å². The summed E-state index contributed by atoms with van der Waals surface area (Å²) in [6, 6.07) is 1.63. The predicted molar refractivity (Wildman–Crippen MR) is 40.0 cm³/mol. The number of aromatic nitrogens is 1. The molecular formula is C6H4N4O2. The molecule has 0 unspecified atom stereocenters. The van der Waals surface area contributed by atoms with Crippen LogP contribution in [0, 0.1) is 21.4 Å². The topological polar surface area (TPSA) is 106 Å². The van der Waals surface area contributed by atoms with Gasteiger partial charge in [0.1, 0.15) is 11.8 Å². The van der Waals surface area contributed by atoms with Crippen molar-refractivity contribution in [3.63, 3.8) is 0 Å². The molecule has 0 spiro atoms. The van der Waals surface area contributed by atoms with Crippen LogP contribution < -0.4 is 5.73 Å². The Balaban J connectivity index is 3.42. The lowest BCUT2D eigenvalue weighted by molar-refractivity contribution is -0.384. The SMILES string of the molecule is N#Cc1cncc(N)c1[N+](=O)[O-]. The van der Waals surface area contributed by atoms with Crippen LogP contribution in [0.3, 0.4) is 0 Å². The fourth-order valence-electron chi connectivity index (χ4n) is 0.755. The van der Waals surface area contributed by atoms with Crippen molar-refractivity contribution in [3.8, 4) is 6.07 Å². The van der Waals surface area contributed by atoms with Gasteiger partial charge in [0.15, 0.2) is 5.56 Å². The second-order valence-electron chi connectivity index (χ2n) is 1.99. The van der Waals surface area contributed by atoms with Crippen molar-refractivity contribution in [2.24, 2.45) is 0 Å². The summed E-state index contributed by atoms with van der Waals surface area (Å²) in [5.41, 5.74) is 4.64. The molecule has 0 saturated heterocycles. The Kier molecular flexibility index (Phi) is 1.88. The first-order valence-electron chi connectivity index (χ1n) is 2.94. The Bertz CT molecular complexity index is 368. The molecule has 1 aromatic heterocycles. The fourth-order valence-corrected chi connectivity index (χ4v) is 0.755. The van der Waals surface area contributed by atoms with E-state index >= 15 is 0 Å². The summed E-state index contributed by atoms with van der Waals surface area (Å²) in [5.74, 6) is 0. The zero-order chi connectivity index (χ0) is 9.14. The molecule has 1 aromatic rings. The van der Waals surface area contributed by atoms with Gasteiger partial charge in [0.05, 0.1) is 17.3 Å². The molecule has 0 saturated carbocycles. The van der Waals surface area contributed by atoms with Gasteiger partial charge >= 0.3 is 5.69 Å². The zero-order valence-corrected chi connectivity index (χ0v) is 5.89. The number of nitriles is 1. The molecule has 0 amide bonds. The Morgan fingerprint density at radius 1 is 1.67 bits per heavy atom. The fraction of sp³-hybridized carbons (Fsp3) is 0. The molecule has 60 valence electrons. The van der Waals surface area contributed by atoms with Crippen LogP contribution in [-0.4, -0.2) is 9.91 Å². The normalized spacial score (nSPS) is 8.92. The largest absolute Gasteiger partial charge is 0.392 e. The third kappa shape index (κ3) is 1.15. The number of rotatable bonds is 1. The average Bonchev–Trinajstić information content (AvgIpc) is 2.03. The van der Waals surface area contributed by atoms with E-state index in [0.29, 0.717) is 0 Å². The molecule has 0 radical (unpaired) electrons. The van der Waals surface area contributed by atoms with E-state index in [9.17, 15) is 10.1 Å². The number of anilines is 1. The summed E-state index contributed by atoms with van der Waals surface area (Å²) < 4.78 is 0. The number of hydrogen-bond acceptors (Lipinski definition) is 5. The van der Waals surface area contributed by atoms with Gasteiger partial charge in [-0.15, -0.1) is 0 Å². The first kappa shape index (κ1) is 7.94. The van der Waals surface area contributed by atoms with Crippen molar-refractivity contribution in [1.82, 2.24) is 4.98 Å². The number of pyridine rings is 1. The van der Waals surface area contributed by atoms with E-state index in [2.05, 4.69) is 4.98 Å². The average molecular weight is 164 g/mol. The molecule has 0 fully saturated rings. The summed E-state index contributed by atoms with van der Waals surface area (Å²) in [5, 5.41) is 18.8. The van der Waals surface area contributed by atoms with Gasteiger partial charge in [-0.1, -0.05) is 0 Å². The van der Waals surface area contributed by atoms with E-state index in [1.807, 2.05) is 0 Å². The molecular weight excluding hydrogens is 160 g/mol. The maximum atomic E-state index is 10.3. The number of hydrogen-bond donors (Lipinski definition) is 1. The van der Waals surface area contributed by atoms with Crippen LogP contribution >= 0.6 is 0 Å². The molecule has 12 heavy (non-hydrogen) atoms. The highest BCUT2D eigenvalue weighted by Crippen LogP contribution is 2.23. The summed E-state index contributed by atoms with van der Waals surface area (Å²) in [6.45, 7) is 0. The van der Waals surface area contributed by atoms with E-state index < -0.39 is 4.92 Å². The van der Waals surface area contributed by atoms with Crippen LogP contribution in [0.4, 0.5) is 11.4 Å². The quantitative estimate of drug-likeness (QED) is 0.478. The smallest absolute Gasteiger partial charge is 0.312 e. The molecule has 1 heterocycles. The third-order valence-corrected chi connectivity index (χ3v) is 1.25. The van der Waals surface area contributed by atoms with Crippen LogP contribution in [0.2, 0.25) is 0 Å². The van der Waals surface area contributed by atoms with Gasteiger partial charge in [-0.3, -0.25) is 15.1 Å². The Morgan fingerprint density at radius 3 is 2.75 bits per heavy atom. The van der Waals surface area contributed by atoms with E-state index in [1.165, 1.54) is 0 Å². The summed E-state index contributed by atoms with van der Waals surface area (Å²) in [6.07, 6.45) is 2.24. The molecule has 1 rings (SSSR count). The molecule has 0 aliphatic heterocycles. The standard InChI is InChI=1S/C6H4N4O2/c7-1-4-2-9-3-5(8)6(4)10(11)12/h2-3H,8H2. The highest BCUT2D eigenvalue weighted by Gasteiger charge is 2.17. The van der Waals surface area contributed by atoms with Crippen molar-refractivity contribution in [1.29, 1.82) is 5.26 Å². The van der Waals surface area contributed by atoms with Crippen LogP contribution in [-0.2, 0) is 0 Å². The van der Waals surface area contributed by atoms with Crippen LogP contribution in [0.25, 0.3) is 0 Å². The summed E-state index contributed by atoms with van der Waals surface area (Å²) in [7, 11) is 0. The van der Waals surface area contributed by atoms with E-state index in [0.717, 1.165) is 12.4 Å². The van der Waals surface area contributed by atoms with Crippen LogP contribution in [0.1, 0.15) is 5.56 Å². The number of nitro groups is 1.